The summed E-state index contributed by atoms with van der Waals surface area (Å²) in [6, 6.07) is 0.0281. The fourth-order valence-electron chi connectivity index (χ4n) is 2.13. The Bertz CT molecular complexity index is 401. The van der Waals surface area contributed by atoms with Crippen molar-refractivity contribution in [2.24, 2.45) is 0 Å². The molecule has 0 saturated heterocycles. The lowest BCUT2D eigenvalue weighted by atomic mass is 10.2. The monoisotopic (exact) mass is 255 g/mol. The number of rotatable bonds is 4. The van der Waals surface area contributed by atoms with Crippen LogP contribution in [0.4, 0.5) is 0 Å². The lowest BCUT2D eigenvalue weighted by Gasteiger charge is -2.26. The highest BCUT2D eigenvalue weighted by atomic mass is 32.1. The van der Waals surface area contributed by atoms with Gasteiger partial charge >= 0.3 is 5.97 Å². The van der Waals surface area contributed by atoms with E-state index in [0.717, 1.165) is 37.2 Å². The van der Waals surface area contributed by atoms with Crippen molar-refractivity contribution in [3.63, 3.8) is 0 Å². The number of aromatic nitrogens is 2. The van der Waals surface area contributed by atoms with E-state index in [-0.39, 0.29) is 24.2 Å². The third-order valence-electron chi connectivity index (χ3n) is 2.91. The average Bonchev–Trinajstić information content (AvgIpc) is 2.96. The minimum atomic E-state index is -0.992. The summed E-state index contributed by atoms with van der Waals surface area (Å²) in [4.78, 5) is 24.3. The second kappa shape index (κ2) is 5.22. The molecule has 0 spiro atoms. The first-order valence-electron chi connectivity index (χ1n) is 5.48. The summed E-state index contributed by atoms with van der Waals surface area (Å²) >= 11 is 1.09. The van der Waals surface area contributed by atoms with Crippen LogP contribution in [0.15, 0.2) is 5.38 Å². The Hall–Kier alpha value is -1.50. The topological polar surface area (TPSA) is 83.4 Å². The van der Waals surface area contributed by atoms with Crippen molar-refractivity contribution in [3.8, 4) is 0 Å². The van der Waals surface area contributed by atoms with E-state index in [1.807, 2.05) is 0 Å². The second-order valence-corrected chi connectivity index (χ2v) is 4.67. The zero-order valence-corrected chi connectivity index (χ0v) is 10.0. The molecule has 0 atom stereocenters. The number of carbonyl (C=O) groups excluding carboxylic acids is 1. The third kappa shape index (κ3) is 2.79. The van der Waals surface area contributed by atoms with Crippen LogP contribution in [0.5, 0.6) is 0 Å². The molecule has 1 N–H and O–H groups in total. The minimum absolute atomic E-state index is 0.0281. The molecule has 1 amide bonds. The van der Waals surface area contributed by atoms with Crippen molar-refractivity contribution in [3.05, 3.63) is 11.1 Å². The normalized spacial score (nSPS) is 16.0. The van der Waals surface area contributed by atoms with Gasteiger partial charge in [0, 0.05) is 11.4 Å². The van der Waals surface area contributed by atoms with Crippen LogP contribution in [-0.2, 0) is 4.79 Å². The SMILES string of the molecule is O=C(O)CN(C(=O)c1csnn1)C1CCCC1. The molecule has 0 aliphatic heterocycles. The van der Waals surface area contributed by atoms with Gasteiger partial charge in [0.2, 0.25) is 0 Å². The summed E-state index contributed by atoms with van der Waals surface area (Å²) in [6.07, 6.45) is 3.83. The van der Waals surface area contributed by atoms with Gasteiger partial charge in [0.05, 0.1) is 0 Å². The number of hydrogen-bond donors (Lipinski definition) is 1. The van der Waals surface area contributed by atoms with Crippen LogP contribution in [0.3, 0.4) is 0 Å². The van der Waals surface area contributed by atoms with E-state index in [1.54, 1.807) is 5.38 Å². The van der Waals surface area contributed by atoms with Crippen LogP contribution < -0.4 is 0 Å². The third-order valence-corrected chi connectivity index (χ3v) is 3.42. The highest BCUT2D eigenvalue weighted by Crippen LogP contribution is 2.24. The van der Waals surface area contributed by atoms with Crippen molar-refractivity contribution in [2.45, 2.75) is 31.7 Å². The molecule has 1 fully saturated rings. The fraction of sp³-hybridized carbons (Fsp3) is 0.600. The van der Waals surface area contributed by atoms with Gasteiger partial charge in [-0.25, -0.2) is 0 Å². The summed E-state index contributed by atoms with van der Waals surface area (Å²) in [5.41, 5.74) is 0.239. The van der Waals surface area contributed by atoms with E-state index >= 15 is 0 Å². The molecule has 1 saturated carbocycles. The molecular weight excluding hydrogens is 242 g/mol. The molecule has 0 radical (unpaired) electrons. The summed E-state index contributed by atoms with van der Waals surface area (Å²) in [5, 5.41) is 14.1. The van der Waals surface area contributed by atoms with Crippen LogP contribution >= 0.6 is 11.5 Å². The summed E-state index contributed by atoms with van der Waals surface area (Å²) in [7, 11) is 0. The number of carboxylic acids is 1. The van der Waals surface area contributed by atoms with Crippen LogP contribution in [-0.4, -0.2) is 44.1 Å². The number of amides is 1. The molecule has 0 bridgehead atoms. The van der Waals surface area contributed by atoms with Crippen LogP contribution in [0.1, 0.15) is 36.2 Å². The van der Waals surface area contributed by atoms with Gasteiger partial charge in [0.15, 0.2) is 5.69 Å². The molecule has 17 heavy (non-hydrogen) atoms. The quantitative estimate of drug-likeness (QED) is 0.868. The van der Waals surface area contributed by atoms with E-state index in [9.17, 15) is 9.59 Å². The van der Waals surface area contributed by atoms with Gasteiger partial charge in [-0.1, -0.05) is 17.3 Å². The van der Waals surface area contributed by atoms with E-state index in [0.29, 0.717) is 0 Å². The average molecular weight is 255 g/mol. The largest absolute Gasteiger partial charge is 0.480 e. The molecule has 1 aliphatic rings. The van der Waals surface area contributed by atoms with Gasteiger partial charge in [0.25, 0.3) is 5.91 Å². The van der Waals surface area contributed by atoms with Gasteiger partial charge in [-0.2, -0.15) is 0 Å². The Morgan fingerprint density at radius 2 is 2.18 bits per heavy atom. The fourth-order valence-corrected chi connectivity index (χ4v) is 2.56. The lowest BCUT2D eigenvalue weighted by Crippen LogP contribution is -2.42. The second-order valence-electron chi connectivity index (χ2n) is 4.06. The molecule has 92 valence electrons. The number of aliphatic carboxylic acids is 1. The molecular formula is C10H13N3O3S. The first kappa shape index (κ1) is 12.0. The summed E-state index contributed by atoms with van der Waals surface area (Å²) in [5.74, 6) is -1.32. The summed E-state index contributed by atoms with van der Waals surface area (Å²) < 4.78 is 3.63. The molecule has 7 heteroatoms. The van der Waals surface area contributed by atoms with Crippen molar-refractivity contribution >= 4 is 23.4 Å². The molecule has 1 aromatic rings. The Balaban J connectivity index is 2.14. The molecule has 2 rings (SSSR count). The van der Waals surface area contributed by atoms with Gasteiger partial charge in [-0.05, 0) is 24.4 Å². The zero-order chi connectivity index (χ0) is 12.3. The minimum Gasteiger partial charge on any atom is -0.480 e. The Labute approximate surface area is 102 Å². The van der Waals surface area contributed by atoms with E-state index in [2.05, 4.69) is 9.59 Å². The van der Waals surface area contributed by atoms with Gasteiger partial charge in [-0.15, -0.1) is 5.10 Å². The standard InChI is InChI=1S/C10H13N3O3S/c14-9(15)5-13(7-3-1-2-4-7)10(16)8-6-17-12-11-8/h6-7H,1-5H2,(H,14,15). The highest BCUT2D eigenvalue weighted by Gasteiger charge is 2.30. The van der Waals surface area contributed by atoms with Gasteiger partial charge in [0.1, 0.15) is 6.54 Å². The van der Waals surface area contributed by atoms with E-state index < -0.39 is 5.97 Å². The summed E-state index contributed by atoms with van der Waals surface area (Å²) in [6.45, 7) is -0.263. The Morgan fingerprint density at radius 1 is 1.47 bits per heavy atom. The van der Waals surface area contributed by atoms with Crippen LogP contribution in [0.25, 0.3) is 0 Å². The van der Waals surface area contributed by atoms with E-state index in [1.165, 1.54) is 4.90 Å². The smallest absolute Gasteiger partial charge is 0.323 e. The van der Waals surface area contributed by atoms with Gasteiger partial charge in [-0.3, -0.25) is 9.59 Å². The number of hydrogen-bond acceptors (Lipinski definition) is 5. The molecule has 0 aromatic carbocycles. The van der Waals surface area contributed by atoms with E-state index in [4.69, 9.17) is 5.11 Å². The molecule has 1 aromatic heterocycles. The maximum absolute atomic E-state index is 12.1. The van der Waals surface area contributed by atoms with Crippen molar-refractivity contribution < 1.29 is 14.7 Å². The zero-order valence-electron chi connectivity index (χ0n) is 9.20. The van der Waals surface area contributed by atoms with Crippen molar-refractivity contribution in [2.75, 3.05) is 6.54 Å². The molecule has 6 nitrogen and oxygen atoms in total. The highest BCUT2D eigenvalue weighted by molar-refractivity contribution is 7.03. The number of carboxylic acid groups (broad SMARTS) is 1. The maximum atomic E-state index is 12.1. The predicted octanol–water partition coefficient (Wildman–Crippen LogP) is 1.01. The van der Waals surface area contributed by atoms with Crippen LogP contribution in [0, 0.1) is 0 Å². The number of nitrogens with zero attached hydrogens (tertiary/aromatic N) is 3. The van der Waals surface area contributed by atoms with Crippen molar-refractivity contribution in [1.82, 2.24) is 14.5 Å². The molecule has 1 aliphatic carbocycles. The number of carbonyl (C=O) groups is 2. The van der Waals surface area contributed by atoms with Crippen molar-refractivity contribution in [1.29, 1.82) is 0 Å². The Kier molecular flexibility index (Phi) is 3.68. The maximum Gasteiger partial charge on any atom is 0.323 e. The Morgan fingerprint density at radius 3 is 2.71 bits per heavy atom. The van der Waals surface area contributed by atoms with Crippen LogP contribution in [0.2, 0.25) is 0 Å². The molecule has 0 unspecified atom stereocenters. The predicted molar refractivity (Wildman–Crippen MR) is 60.8 cm³/mol. The molecule has 1 heterocycles. The first-order valence-corrected chi connectivity index (χ1v) is 6.32. The van der Waals surface area contributed by atoms with Gasteiger partial charge < -0.3 is 10.0 Å². The lowest BCUT2D eigenvalue weighted by molar-refractivity contribution is -0.138. The first-order chi connectivity index (χ1) is 8.18.